The van der Waals surface area contributed by atoms with Crippen molar-refractivity contribution in [2.24, 2.45) is 5.92 Å². The highest BCUT2D eigenvalue weighted by Crippen LogP contribution is 2.45. The van der Waals surface area contributed by atoms with Crippen LogP contribution in [0.15, 0.2) is 18.2 Å². The van der Waals surface area contributed by atoms with Crippen molar-refractivity contribution in [2.75, 3.05) is 7.11 Å². The second kappa shape index (κ2) is 4.01. The second-order valence-electron chi connectivity index (χ2n) is 5.60. The zero-order chi connectivity index (χ0) is 12.8. The third-order valence-corrected chi connectivity index (χ3v) is 4.11. The van der Waals surface area contributed by atoms with Crippen LogP contribution in [0, 0.1) is 5.92 Å². The highest BCUT2D eigenvalue weighted by atomic mass is 16.5. The monoisotopic (exact) mass is 246 g/mol. The summed E-state index contributed by atoms with van der Waals surface area (Å²) in [6.45, 7) is 2.23. The average Bonchev–Trinajstić information content (AvgIpc) is 2.70. The van der Waals surface area contributed by atoms with Crippen LogP contribution in [0.25, 0.3) is 0 Å². The Morgan fingerprint density at radius 2 is 2.28 bits per heavy atom. The van der Waals surface area contributed by atoms with Gasteiger partial charge in [-0.25, -0.2) is 0 Å². The summed E-state index contributed by atoms with van der Waals surface area (Å²) < 4.78 is 11.3. The molecule has 0 aromatic heterocycles. The lowest BCUT2D eigenvalue weighted by Crippen LogP contribution is -2.39. The van der Waals surface area contributed by atoms with Crippen LogP contribution in [-0.4, -0.2) is 18.5 Å². The molecule has 18 heavy (non-hydrogen) atoms. The van der Waals surface area contributed by atoms with Gasteiger partial charge in [0.25, 0.3) is 0 Å². The van der Waals surface area contributed by atoms with E-state index in [9.17, 15) is 4.79 Å². The molecule has 3 rings (SSSR count). The van der Waals surface area contributed by atoms with Crippen LogP contribution in [0.3, 0.4) is 0 Å². The number of ketones is 1. The van der Waals surface area contributed by atoms with Gasteiger partial charge in [-0.05, 0) is 43.4 Å². The van der Waals surface area contributed by atoms with Crippen molar-refractivity contribution >= 4 is 5.78 Å². The van der Waals surface area contributed by atoms with Gasteiger partial charge in [0.15, 0.2) is 5.78 Å². The molecule has 3 heteroatoms. The summed E-state index contributed by atoms with van der Waals surface area (Å²) in [6.07, 6.45) is 3.64. The van der Waals surface area contributed by atoms with Crippen molar-refractivity contribution in [1.29, 1.82) is 0 Å². The molecule has 1 saturated carbocycles. The number of hydrogen-bond donors (Lipinski definition) is 0. The maximum Gasteiger partial charge on any atom is 0.170 e. The number of fused-ring (bicyclic) bond motifs is 1. The third-order valence-electron chi connectivity index (χ3n) is 4.11. The summed E-state index contributed by atoms with van der Waals surface area (Å²) in [5.74, 6) is 2.27. The minimum Gasteiger partial charge on any atom is -0.497 e. The Balaban J connectivity index is 1.96. The molecule has 0 amide bonds. The third kappa shape index (κ3) is 1.78. The fourth-order valence-corrected chi connectivity index (χ4v) is 3.20. The predicted octanol–water partition coefficient (Wildman–Crippen LogP) is 3.22. The number of ether oxygens (including phenoxy) is 2. The molecule has 1 heterocycles. The summed E-state index contributed by atoms with van der Waals surface area (Å²) in [7, 11) is 1.61. The van der Waals surface area contributed by atoms with E-state index in [1.54, 1.807) is 13.2 Å². The molecule has 3 nitrogen and oxygen atoms in total. The van der Waals surface area contributed by atoms with Gasteiger partial charge in [0.2, 0.25) is 0 Å². The first kappa shape index (κ1) is 11.6. The Hall–Kier alpha value is -1.51. The van der Waals surface area contributed by atoms with E-state index in [1.165, 1.54) is 0 Å². The Morgan fingerprint density at radius 3 is 2.94 bits per heavy atom. The summed E-state index contributed by atoms with van der Waals surface area (Å²) in [5.41, 5.74) is 0.428. The number of carbonyl (C=O) groups excluding carboxylic acids is 1. The predicted molar refractivity (Wildman–Crippen MR) is 68.3 cm³/mol. The van der Waals surface area contributed by atoms with E-state index in [-0.39, 0.29) is 11.4 Å². The van der Waals surface area contributed by atoms with Crippen LogP contribution in [0.1, 0.15) is 43.0 Å². The van der Waals surface area contributed by atoms with Gasteiger partial charge in [0.05, 0.1) is 19.1 Å². The van der Waals surface area contributed by atoms with Crippen molar-refractivity contribution in [1.82, 2.24) is 0 Å². The standard InChI is InChI=1S/C15H18O3/c1-10-5-6-15(8-10)9-13(16)12-7-11(17-2)3-4-14(12)18-15/h3-4,7,10H,5-6,8-9H2,1-2H3. The van der Waals surface area contributed by atoms with Gasteiger partial charge >= 0.3 is 0 Å². The number of rotatable bonds is 1. The van der Waals surface area contributed by atoms with E-state index in [4.69, 9.17) is 9.47 Å². The smallest absolute Gasteiger partial charge is 0.170 e. The molecule has 0 N–H and O–H groups in total. The molecule has 2 unspecified atom stereocenters. The topological polar surface area (TPSA) is 35.5 Å². The molecule has 0 bridgehead atoms. The van der Waals surface area contributed by atoms with Crippen LogP contribution in [0.5, 0.6) is 11.5 Å². The lowest BCUT2D eigenvalue weighted by molar-refractivity contribution is 0.0428. The van der Waals surface area contributed by atoms with Gasteiger partial charge < -0.3 is 9.47 Å². The molecule has 96 valence electrons. The molecule has 1 aromatic carbocycles. The molecule has 2 aliphatic rings. The van der Waals surface area contributed by atoms with Crippen LogP contribution in [0.4, 0.5) is 0 Å². The van der Waals surface area contributed by atoms with Gasteiger partial charge in [-0.3, -0.25) is 4.79 Å². The fourth-order valence-electron chi connectivity index (χ4n) is 3.20. The number of methoxy groups -OCH3 is 1. The van der Waals surface area contributed by atoms with Crippen molar-refractivity contribution < 1.29 is 14.3 Å². The van der Waals surface area contributed by atoms with E-state index in [0.717, 1.165) is 25.0 Å². The minimum atomic E-state index is -0.238. The largest absolute Gasteiger partial charge is 0.497 e. The SMILES string of the molecule is COc1ccc2c(c1)C(=O)CC1(CCC(C)C1)O2. The fraction of sp³-hybridized carbons (Fsp3) is 0.533. The molecule has 1 aliphatic heterocycles. The number of hydrogen-bond acceptors (Lipinski definition) is 3. The van der Waals surface area contributed by atoms with E-state index in [1.807, 2.05) is 12.1 Å². The quantitative estimate of drug-likeness (QED) is 0.763. The zero-order valence-corrected chi connectivity index (χ0v) is 10.9. The summed E-state index contributed by atoms with van der Waals surface area (Å²) in [4.78, 5) is 12.3. The van der Waals surface area contributed by atoms with Crippen LogP contribution < -0.4 is 9.47 Å². The summed E-state index contributed by atoms with van der Waals surface area (Å²) in [5, 5.41) is 0. The lowest BCUT2D eigenvalue weighted by Gasteiger charge is -2.35. The lowest BCUT2D eigenvalue weighted by atomic mass is 9.88. The molecule has 0 saturated heterocycles. The number of carbonyl (C=O) groups is 1. The van der Waals surface area contributed by atoms with E-state index in [2.05, 4.69) is 6.92 Å². The molecule has 2 atom stereocenters. The van der Waals surface area contributed by atoms with Gasteiger partial charge in [-0.2, -0.15) is 0 Å². The van der Waals surface area contributed by atoms with Gasteiger partial charge in [-0.1, -0.05) is 6.92 Å². The first-order valence-corrected chi connectivity index (χ1v) is 6.52. The molecular weight excluding hydrogens is 228 g/mol. The molecule has 1 fully saturated rings. The molecule has 1 aliphatic carbocycles. The Bertz CT molecular complexity index is 495. The van der Waals surface area contributed by atoms with Gasteiger partial charge in [-0.15, -0.1) is 0 Å². The normalized spacial score (nSPS) is 30.1. The summed E-state index contributed by atoms with van der Waals surface area (Å²) >= 11 is 0. The zero-order valence-electron chi connectivity index (χ0n) is 10.9. The van der Waals surface area contributed by atoms with Crippen molar-refractivity contribution in [3.05, 3.63) is 23.8 Å². The second-order valence-corrected chi connectivity index (χ2v) is 5.60. The Morgan fingerprint density at radius 1 is 1.44 bits per heavy atom. The van der Waals surface area contributed by atoms with Crippen molar-refractivity contribution in [3.63, 3.8) is 0 Å². The van der Waals surface area contributed by atoms with Crippen molar-refractivity contribution in [2.45, 2.75) is 38.2 Å². The Kier molecular flexibility index (Phi) is 2.58. The maximum absolute atomic E-state index is 12.3. The summed E-state index contributed by atoms with van der Waals surface area (Å²) in [6, 6.07) is 5.49. The van der Waals surface area contributed by atoms with Crippen LogP contribution in [0.2, 0.25) is 0 Å². The first-order chi connectivity index (χ1) is 8.62. The highest BCUT2D eigenvalue weighted by Gasteiger charge is 2.45. The highest BCUT2D eigenvalue weighted by molar-refractivity contribution is 6.00. The first-order valence-electron chi connectivity index (χ1n) is 6.52. The molecular formula is C15H18O3. The average molecular weight is 246 g/mol. The van der Waals surface area contributed by atoms with E-state index in [0.29, 0.717) is 23.7 Å². The van der Waals surface area contributed by atoms with E-state index >= 15 is 0 Å². The van der Waals surface area contributed by atoms with Crippen LogP contribution in [-0.2, 0) is 0 Å². The number of Topliss-reactive ketones (excluding diaryl/α,β-unsaturated/α-hetero) is 1. The molecule has 1 aromatic rings. The Labute approximate surface area is 107 Å². The van der Waals surface area contributed by atoms with E-state index < -0.39 is 0 Å². The molecule has 1 spiro atoms. The van der Waals surface area contributed by atoms with Crippen LogP contribution >= 0.6 is 0 Å². The maximum atomic E-state index is 12.3. The van der Waals surface area contributed by atoms with Gasteiger partial charge in [0, 0.05) is 0 Å². The van der Waals surface area contributed by atoms with Crippen molar-refractivity contribution in [3.8, 4) is 11.5 Å². The molecule has 0 radical (unpaired) electrons. The minimum absolute atomic E-state index is 0.184. The van der Waals surface area contributed by atoms with Gasteiger partial charge in [0.1, 0.15) is 17.1 Å². The number of benzene rings is 1.